The number of halogens is 1. The van der Waals surface area contributed by atoms with Crippen LogP contribution in [0, 0.1) is 5.82 Å². The Hall–Kier alpha value is -3.10. The Kier molecular flexibility index (Phi) is 6.39. The van der Waals surface area contributed by atoms with E-state index in [0.29, 0.717) is 37.3 Å². The number of hydrogen-bond donors (Lipinski definition) is 2. The summed E-state index contributed by atoms with van der Waals surface area (Å²) in [5.74, 6) is -0.442. The molecular formula is C23H24FN3O4. The summed E-state index contributed by atoms with van der Waals surface area (Å²) < 4.78 is 25.2. The topological polar surface area (TPSA) is 93.6 Å². The molecule has 8 heteroatoms. The van der Waals surface area contributed by atoms with E-state index in [0.717, 1.165) is 11.1 Å². The lowest BCUT2D eigenvalue weighted by Gasteiger charge is -2.28. The fourth-order valence-electron chi connectivity index (χ4n) is 3.69. The van der Waals surface area contributed by atoms with E-state index in [9.17, 15) is 14.3 Å². The minimum absolute atomic E-state index is 0.102. The third kappa shape index (κ3) is 4.81. The van der Waals surface area contributed by atoms with Crippen molar-refractivity contribution in [1.82, 2.24) is 15.3 Å². The highest BCUT2D eigenvalue weighted by atomic mass is 19.1. The van der Waals surface area contributed by atoms with E-state index in [1.54, 1.807) is 24.4 Å². The van der Waals surface area contributed by atoms with Crippen LogP contribution in [0.2, 0.25) is 0 Å². The van der Waals surface area contributed by atoms with Gasteiger partial charge in [0, 0.05) is 24.3 Å². The van der Waals surface area contributed by atoms with Crippen LogP contribution in [0.3, 0.4) is 0 Å². The van der Waals surface area contributed by atoms with Crippen LogP contribution in [0.25, 0.3) is 10.9 Å². The molecule has 2 N–H and O–H groups in total. The van der Waals surface area contributed by atoms with Crippen molar-refractivity contribution >= 4 is 16.8 Å². The number of carbonyl (C=O) groups excluding carboxylic acids is 1. The second-order valence-corrected chi connectivity index (χ2v) is 7.43. The summed E-state index contributed by atoms with van der Waals surface area (Å²) >= 11 is 0. The van der Waals surface area contributed by atoms with Gasteiger partial charge >= 0.3 is 0 Å². The molecule has 1 aliphatic heterocycles. The molecule has 1 saturated heterocycles. The number of pyridine rings is 2. The maximum atomic E-state index is 14.6. The van der Waals surface area contributed by atoms with Crippen LogP contribution in [-0.4, -0.2) is 52.9 Å². The van der Waals surface area contributed by atoms with Gasteiger partial charge in [0.2, 0.25) is 5.88 Å². The maximum Gasteiger partial charge on any atom is 0.270 e. The molecule has 0 spiro atoms. The van der Waals surface area contributed by atoms with Crippen molar-refractivity contribution in [3.8, 4) is 5.88 Å². The van der Waals surface area contributed by atoms with E-state index in [2.05, 4.69) is 15.3 Å². The fourth-order valence-corrected chi connectivity index (χ4v) is 3.69. The molecule has 0 bridgehead atoms. The summed E-state index contributed by atoms with van der Waals surface area (Å²) in [6.07, 6.45) is 1.82. The van der Waals surface area contributed by atoms with Crippen molar-refractivity contribution in [1.29, 1.82) is 0 Å². The van der Waals surface area contributed by atoms with Gasteiger partial charge in [-0.2, -0.15) is 0 Å². The lowest BCUT2D eigenvalue weighted by Crippen LogP contribution is -2.48. The van der Waals surface area contributed by atoms with Crippen LogP contribution in [0.4, 0.5) is 4.39 Å². The Bertz CT molecular complexity index is 1090. The van der Waals surface area contributed by atoms with Crippen molar-refractivity contribution in [2.45, 2.75) is 31.9 Å². The number of ether oxygens (including phenoxy) is 2. The van der Waals surface area contributed by atoms with Crippen molar-refractivity contribution in [3.63, 3.8) is 0 Å². The van der Waals surface area contributed by atoms with Crippen LogP contribution >= 0.6 is 0 Å². The first-order valence-electron chi connectivity index (χ1n) is 10.3. The van der Waals surface area contributed by atoms with Crippen molar-refractivity contribution in [2.24, 2.45) is 0 Å². The lowest BCUT2D eigenvalue weighted by molar-refractivity contribution is -0.0261. The first-order chi connectivity index (χ1) is 15.0. The third-order valence-corrected chi connectivity index (χ3v) is 5.24. The van der Waals surface area contributed by atoms with Crippen LogP contribution < -0.4 is 10.1 Å². The summed E-state index contributed by atoms with van der Waals surface area (Å²) in [5, 5.41) is 13.5. The molecule has 1 fully saturated rings. The quantitative estimate of drug-likeness (QED) is 0.631. The van der Waals surface area contributed by atoms with Gasteiger partial charge in [0.1, 0.15) is 17.0 Å². The number of fused-ring (bicyclic) bond motifs is 1. The fraction of sp³-hybridized carbons (Fsp3) is 0.348. The first kappa shape index (κ1) is 21.1. The summed E-state index contributed by atoms with van der Waals surface area (Å²) in [6, 6.07) is 9.65. The van der Waals surface area contributed by atoms with Gasteiger partial charge in [-0.05, 0) is 49.1 Å². The molecular weight excluding hydrogens is 401 g/mol. The average molecular weight is 425 g/mol. The summed E-state index contributed by atoms with van der Waals surface area (Å²) in [6.45, 7) is 3.01. The number of carbonyl (C=O) groups is 1. The van der Waals surface area contributed by atoms with Gasteiger partial charge in [-0.25, -0.2) is 14.4 Å². The van der Waals surface area contributed by atoms with Gasteiger partial charge < -0.3 is 19.9 Å². The van der Waals surface area contributed by atoms with E-state index in [1.165, 1.54) is 6.07 Å². The maximum absolute atomic E-state index is 14.6. The summed E-state index contributed by atoms with van der Waals surface area (Å²) in [4.78, 5) is 21.3. The average Bonchev–Trinajstić information content (AvgIpc) is 2.76. The van der Waals surface area contributed by atoms with Crippen molar-refractivity contribution in [2.75, 3.05) is 19.8 Å². The van der Waals surface area contributed by atoms with Gasteiger partial charge in [0.25, 0.3) is 5.91 Å². The molecule has 2 aromatic heterocycles. The number of benzene rings is 1. The molecule has 3 heterocycles. The van der Waals surface area contributed by atoms with E-state index in [-0.39, 0.29) is 17.8 Å². The molecule has 162 valence electrons. The lowest BCUT2D eigenvalue weighted by atomic mass is 10.00. The SMILES string of the molecule is CCOc1cc(Cc2cc(C(=O)N[C@H]3CCOC[C@@H]3O)nc3c(F)cccc23)ccn1. The number of para-hydroxylation sites is 1. The van der Waals surface area contributed by atoms with Gasteiger partial charge in [-0.3, -0.25) is 4.79 Å². The van der Waals surface area contributed by atoms with Gasteiger partial charge in [0.15, 0.2) is 0 Å². The Morgan fingerprint density at radius 1 is 1.35 bits per heavy atom. The number of aromatic nitrogens is 2. The van der Waals surface area contributed by atoms with E-state index >= 15 is 0 Å². The molecule has 1 amide bonds. The molecule has 31 heavy (non-hydrogen) atoms. The molecule has 3 aromatic rings. The van der Waals surface area contributed by atoms with Gasteiger partial charge in [-0.15, -0.1) is 0 Å². The van der Waals surface area contributed by atoms with Crippen molar-refractivity contribution < 1.29 is 23.8 Å². The molecule has 0 saturated carbocycles. The van der Waals surface area contributed by atoms with E-state index in [4.69, 9.17) is 9.47 Å². The Morgan fingerprint density at radius 3 is 3.03 bits per heavy atom. The summed E-state index contributed by atoms with van der Waals surface area (Å²) in [5.41, 5.74) is 1.92. The summed E-state index contributed by atoms with van der Waals surface area (Å²) in [7, 11) is 0. The van der Waals surface area contributed by atoms with Crippen LogP contribution in [-0.2, 0) is 11.2 Å². The Morgan fingerprint density at radius 2 is 2.23 bits per heavy atom. The highest BCUT2D eigenvalue weighted by Gasteiger charge is 2.26. The monoisotopic (exact) mass is 425 g/mol. The van der Waals surface area contributed by atoms with Crippen LogP contribution in [0.1, 0.15) is 35.0 Å². The smallest absolute Gasteiger partial charge is 0.270 e. The van der Waals surface area contributed by atoms with Crippen molar-refractivity contribution in [3.05, 3.63) is 65.2 Å². The molecule has 7 nitrogen and oxygen atoms in total. The third-order valence-electron chi connectivity index (χ3n) is 5.24. The van der Waals surface area contributed by atoms with E-state index in [1.807, 2.05) is 19.1 Å². The number of amides is 1. The molecule has 1 aliphatic rings. The zero-order valence-electron chi connectivity index (χ0n) is 17.2. The van der Waals surface area contributed by atoms with Gasteiger partial charge in [-0.1, -0.05) is 12.1 Å². The molecule has 4 rings (SSSR count). The van der Waals surface area contributed by atoms with Crippen LogP contribution in [0.5, 0.6) is 5.88 Å². The second-order valence-electron chi connectivity index (χ2n) is 7.43. The zero-order chi connectivity index (χ0) is 21.8. The minimum atomic E-state index is -0.789. The Labute approximate surface area is 179 Å². The standard InChI is InChI=1S/C23H24FN3O4/c1-2-31-21-11-14(6-8-25-21)10-15-12-19(26-22-16(15)4-3-5-17(22)24)23(29)27-18-7-9-30-13-20(18)28/h3-6,8,11-12,18,20,28H,2,7,9-10,13H2,1H3,(H,27,29)/t18-,20-/m0/s1. The number of rotatable bonds is 6. The zero-order valence-corrected chi connectivity index (χ0v) is 17.2. The van der Waals surface area contributed by atoms with Gasteiger partial charge in [0.05, 0.1) is 25.4 Å². The molecule has 0 radical (unpaired) electrons. The molecule has 0 unspecified atom stereocenters. The minimum Gasteiger partial charge on any atom is -0.478 e. The molecule has 0 aliphatic carbocycles. The highest BCUT2D eigenvalue weighted by Crippen LogP contribution is 2.24. The molecule has 2 atom stereocenters. The highest BCUT2D eigenvalue weighted by molar-refractivity contribution is 5.96. The first-order valence-corrected chi connectivity index (χ1v) is 10.3. The molecule has 1 aromatic carbocycles. The predicted molar refractivity (Wildman–Crippen MR) is 113 cm³/mol. The predicted octanol–water partition coefficient (Wildman–Crippen LogP) is 2.64. The van der Waals surface area contributed by atoms with Crippen LogP contribution in [0.15, 0.2) is 42.6 Å². The van der Waals surface area contributed by atoms with E-state index < -0.39 is 23.9 Å². The normalized spacial score (nSPS) is 18.7. The number of nitrogens with one attached hydrogen (secondary N) is 1. The number of aliphatic hydroxyl groups is 1. The second kappa shape index (κ2) is 9.36. The largest absolute Gasteiger partial charge is 0.478 e. The number of aliphatic hydroxyl groups excluding tert-OH is 1. The number of nitrogens with zero attached hydrogens (tertiary/aromatic N) is 2. The Balaban J connectivity index is 1.68. The number of hydrogen-bond acceptors (Lipinski definition) is 6.